The number of rotatable bonds is 4. The Morgan fingerprint density at radius 3 is 2.15 bits per heavy atom. The molecule has 0 saturated carbocycles. The Morgan fingerprint density at radius 1 is 0.962 bits per heavy atom. The highest BCUT2D eigenvalue weighted by Crippen LogP contribution is 2.41. The van der Waals surface area contributed by atoms with Crippen LogP contribution in [0.15, 0.2) is 34.1 Å². The van der Waals surface area contributed by atoms with Gasteiger partial charge in [-0.2, -0.15) is 0 Å². The normalized spacial score (nSPS) is 11.2. The summed E-state index contributed by atoms with van der Waals surface area (Å²) in [7, 11) is 0. The highest BCUT2D eigenvalue weighted by molar-refractivity contribution is 7.99. The first kappa shape index (κ1) is 18.2. The van der Waals surface area contributed by atoms with Crippen molar-refractivity contribution in [1.29, 1.82) is 0 Å². The molecule has 0 aliphatic carbocycles. The zero-order valence-corrected chi connectivity index (χ0v) is 13.9. The van der Waals surface area contributed by atoms with Gasteiger partial charge in [-0.3, -0.25) is 0 Å². The summed E-state index contributed by atoms with van der Waals surface area (Å²) < 4.78 is 73.0. The number of esters is 1. The molecule has 3 rings (SSSR count). The van der Waals surface area contributed by atoms with Gasteiger partial charge in [-0.1, -0.05) is 30.0 Å². The fraction of sp³-hybridized carbons (Fsp3) is 0.118. The Morgan fingerprint density at radius 2 is 1.54 bits per heavy atom. The van der Waals surface area contributed by atoms with Crippen molar-refractivity contribution in [2.75, 3.05) is 6.61 Å². The molecule has 0 amide bonds. The van der Waals surface area contributed by atoms with Crippen molar-refractivity contribution in [2.24, 2.45) is 0 Å². The van der Waals surface area contributed by atoms with Gasteiger partial charge in [-0.15, -0.1) is 0 Å². The fourth-order valence-electron chi connectivity index (χ4n) is 2.35. The lowest BCUT2D eigenvalue weighted by atomic mass is 10.2. The SMILES string of the molecule is CCOC(=O)c1[nH]c2ccccc2c1Sc1c(F)c(F)c(F)c(F)c1F. The molecule has 0 unspecified atom stereocenters. The molecule has 3 aromatic rings. The van der Waals surface area contributed by atoms with Gasteiger partial charge in [0.15, 0.2) is 23.3 Å². The van der Waals surface area contributed by atoms with E-state index < -0.39 is 40.0 Å². The number of carbonyl (C=O) groups is 1. The van der Waals surface area contributed by atoms with Crippen molar-refractivity contribution in [3.63, 3.8) is 0 Å². The van der Waals surface area contributed by atoms with E-state index in [1.807, 2.05) is 0 Å². The number of benzene rings is 2. The molecule has 1 N–H and O–H groups in total. The van der Waals surface area contributed by atoms with E-state index in [9.17, 15) is 26.7 Å². The minimum atomic E-state index is -2.24. The summed E-state index contributed by atoms with van der Waals surface area (Å²) in [6.45, 7) is 1.61. The van der Waals surface area contributed by atoms with Crippen molar-refractivity contribution in [3.05, 3.63) is 59.0 Å². The topological polar surface area (TPSA) is 42.1 Å². The van der Waals surface area contributed by atoms with Crippen LogP contribution in [0.4, 0.5) is 22.0 Å². The lowest BCUT2D eigenvalue weighted by Gasteiger charge is -2.09. The van der Waals surface area contributed by atoms with Crippen LogP contribution in [0.3, 0.4) is 0 Å². The number of nitrogens with one attached hydrogen (secondary N) is 1. The number of aromatic amines is 1. The minimum Gasteiger partial charge on any atom is -0.461 e. The maximum atomic E-state index is 14.0. The molecule has 0 bridgehead atoms. The molecule has 26 heavy (non-hydrogen) atoms. The first-order valence-electron chi connectivity index (χ1n) is 7.33. The molecule has 0 radical (unpaired) electrons. The summed E-state index contributed by atoms with van der Waals surface area (Å²) >= 11 is 0.266. The highest BCUT2D eigenvalue weighted by atomic mass is 32.2. The monoisotopic (exact) mass is 387 g/mol. The molecule has 0 spiro atoms. The molecule has 136 valence electrons. The zero-order chi connectivity index (χ0) is 19.0. The van der Waals surface area contributed by atoms with Crippen LogP contribution in [-0.4, -0.2) is 17.6 Å². The van der Waals surface area contributed by atoms with E-state index in [-0.39, 0.29) is 29.0 Å². The third kappa shape index (κ3) is 2.92. The van der Waals surface area contributed by atoms with E-state index in [1.165, 1.54) is 0 Å². The van der Waals surface area contributed by atoms with Gasteiger partial charge in [0.05, 0.1) is 16.4 Å². The molecule has 0 saturated heterocycles. The Labute approximate surface area is 148 Å². The zero-order valence-electron chi connectivity index (χ0n) is 13.1. The number of fused-ring (bicyclic) bond motifs is 1. The van der Waals surface area contributed by atoms with Crippen molar-refractivity contribution < 1.29 is 31.5 Å². The number of ether oxygens (including phenoxy) is 1. The average Bonchev–Trinajstić information content (AvgIpc) is 3.01. The van der Waals surface area contributed by atoms with Crippen LogP contribution in [0, 0.1) is 29.1 Å². The predicted octanol–water partition coefficient (Wildman–Crippen LogP) is 5.19. The molecule has 3 nitrogen and oxygen atoms in total. The van der Waals surface area contributed by atoms with E-state index in [0.29, 0.717) is 10.9 Å². The highest BCUT2D eigenvalue weighted by Gasteiger charge is 2.29. The number of aromatic nitrogens is 1. The second-order valence-electron chi connectivity index (χ2n) is 5.10. The summed E-state index contributed by atoms with van der Waals surface area (Å²) in [5, 5.41) is 0.379. The smallest absolute Gasteiger partial charge is 0.355 e. The molecule has 0 atom stereocenters. The predicted molar refractivity (Wildman–Crippen MR) is 84.6 cm³/mol. The van der Waals surface area contributed by atoms with Crippen LogP contribution in [0.5, 0.6) is 0 Å². The van der Waals surface area contributed by atoms with Gasteiger partial charge in [0.25, 0.3) is 0 Å². The minimum absolute atomic E-state index is 0.00209. The Balaban J connectivity index is 2.21. The first-order chi connectivity index (χ1) is 12.4. The number of H-pyrrole nitrogens is 1. The molecule has 1 aromatic heterocycles. The van der Waals surface area contributed by atoms with Crippen LogP contribution >= 0.6 is 11.8 Å². The lowest BCUT2D eigenvalue weighted by Crippen LogP contribution is -2.07. The molecule has 0 fully saturated rings. The van der Waals surface area contributed by atoms with Gasteiger partial charge in [0.1, 0.15) is 5.69 Å². The van der Waals surface area contributed by atoms with Crippen molar-refractivity contribution in [2.45, 2.75) is 16.7 Å². The number of hydrogen-bond donors (Lipinski definition) is 1. The Bertz CT molecular complexity index is 989. The van der Waals surface area contributed by atoms with E-state index in [2.05, 4.69) is 4.98 Å². The van der Waals surface area contributed by atoms with Gasteiger partial charge in [0, 0.05) is 10.9 Å². The van der Waals surface area contributed by atoms with E-state index >= 15 is 0 Å². The Hall–Kier alpha value is -2.55. The number of para-hydroxylation sites is 1. The third-order valence-corrected chi connectivity index (χ3v) is 4.70. The van der Waals surface area contributed by atoms with Crippen molar-refractivity contribution in [1.82, 2.24) is 4.98 Å². The summed E-state index contributed by atoms with van der Waals surface area (Å²) in [5.74, 6) is -11.1. The van der Waals surface area contributed by atoms with Crippen LogP contribution in [0.1, 0.15) is 17.4 Å². The summed E-state index contributed by atoms with van der Waals surface area (Å²) in [6, 6.07) is 6.40. The number of halogens is 5. The van der Waals surface area contributed by atoms with Gasteiger partial charge in [-0.25, -0.2) is 26.7 Å². The standard InChI is InChI=1S/C17H10F5NO2S/c1-2-25-17(24)14-15(7-5-3-4-6-8(7)23-14)26-16-12(21)10(19)9(18)11(20)13(16)22/h3-6,23H,2H2,1H3. The van der Waals surface area contributed by atoms with Gasteiger partial charge in [-0.05, 0) is 13.0 Å². The van der Waals surface area contributed by atoms with Gasteiger partial charge in [0.2, 0.25) is 5.82 Å². The van der Waals surface area contributed by atoms with E-state index in [4.69, 9.17) is 4.74 Å². The van der Waals surface area contributed by atoms with Crippen LogP contribution in [0.2, 0.25) is 0 Å². The molecule has 9 heteroatoms. The summed E-state index contributed by atoms with van der Waals surface area (Å²) in [4.78, 5) is 13.8. The van der Waals surface area contributed by atoms with E-state index in [1.54, 1.807) is 31.2 Å². The van der Waals surface area contributed by atoms with E-state index in [0.717, 1.165) is 0 Å². The molecule has 2 aromatic carbocycles. The van der Waals surface area contributed by atoms with Crippen LogP contribution in [-0.2, 0) is 4.74 Å². The summed E-state index contributed by atoms with van der Waals surface area (Å²) in [6.07, 6.45) is 0. The first-order valence-corrected chi connectivity index (χ1v) is 8.15. The maximum Gasteiger partial charge on any atom is 0.355 e. The second-order valence-corrected chi connectivity index (χ2v) is 6.12. The van der Waals surface area contributed by atoms with Crippen molar-refractivity contribution in [3.8, 4) is 0 Å². The lowest BCUT2D eigenvalue weighted by molar-refractivity contribution is 0.0516. The average molecular weight is 387 g/mol. The second kappa shape index (κ2) is 6.99. The molecule has 0 aliphatic heterocycles. The van der Waals surface area contributed by atoms with Crippen LogP contribution in [0.25, 0.3) is 10.9 Å². The van der Waals surface area contributed by atoms with Gasteiger partial charge < -0.3 is 9.72 Å². The fourth-order valence-corrected chi connectivity index (χ4v) is 3.43. The summed E-state index contributed by atoms with van der Waals surface area (Å²) in [5.41, 5.74) is 0.309. The molecular weight excluding hydrogens is 377 g/mol. The quantitative estimate of drug-likeness (QED) is 0.290. The number of carbonyl (C=O) groups excluding carboxylic acids is 1. The maximum absolute atomic E-state index is 14.0. The van der Waals surface area contributed by atoms with Crippen molar-refractivity contribution >= 4 is 28.6 Å². The largest absolute Gasteiger partial charge is 0.461 e. The van der Waals surface area contributed by atoms with Crippen LogP contribution < -0.4 is 0 Å². The number of hydrogen-bond acceptors (Lipinski definition) is 3. The Kier molecular flexibility index (Phi) is 4.90. The van der Waals surface area contributed by atoms with Gasteiger partial charge >= 0.3 is 5.97 Å². The molecule has 1 heterocycles. The molecular formula is C17H10F5NO2S. The molecule has 0 aliphatic rings. The third-order valence-electron chi connectivity index (χ3n) is 3.51.